The van der Waals surface area contributed by atoms with E-state index in [9.17, 15) is 38.7 Å². The monoisotopic (exact) mass is 908 g/mol. The molecule has 0 bridgehead atoms. The van der Waals surface area contributed by atoms with Crippen molar-refractivity contribution in [2.45, 2.75) is 190 Å². The second kappa shape index (κ2) is 20.3. The largest absolute Gasteiger partial charge is 0.459 e. The van der Waals surface area contributed by atoms with Crippen LogP contribution in [0.15, 0.2) is 29.2 Å². The number of ether oxygens (including phenoxy) is 6. The number of carbonyl (C=O) groups excluding carboxylic acids is 1. The van der Waals surface area contributed by atoms with Gasteiger partial charge in [0.05, 0.1) is 52.5 Å². The molecule has 0 radical (unpaired) electrons. The molecule has 0 unspecified atom stereocenters. The average molecular weight is 910 g/mol. The summed E-state index contributed by atoms with van der Waals surface area (Å²) < 4.78 is 68.4. The van der Waals surface area contributed by atoms with Crippen molar-refractivity contribution < 1.29 is 67.2 Å². The van der Waals surface area contributed by atoms with Gasteiger partial charge in [-0.05, 0) is 105 Å². The van der Waals surface area contributed by atoms with Gasteiger partial charge in [0, 0.05) is 42.5 Å². The molecule has 61 heavy (non-hydrogen) atoms. The third-order valence-electron chi connectivity index (χ3n) is 13.5. The molecule has 3 aliphatic rings. The molecule has 1 aromatic carbocycles. The summed E-state index contributed by atoms with van der Waals surface area (Å²) in [5.74, 6) is -4.67. The summed E-state index contributed by atoms with van der Waals surface area (Å²) in [5, 5.41) is 60.0. The second-order valence-corrected chi connectivity index (χ2v) is 21.0. The van der Waals surface area contributed by atoms with Crippen LogP contribution in [0.3, 0.4) is 0 Å². The van der Waals surface area contributed by atoms with Gasteiger partial charge < -0.3 is 58.9 Å². The molecule has 16 nitrogen and oxygen atoms in total. The van der Waals surface area contributed by atoms with Crippen molar-refractivity contribution in [2.75, 3.05) is 21.2 Å². The predicted molar refractivity (Wildman–Crippen MR) is 227 cm³/mol. The van der Waals surface area contributed by atoms with E-state index in [1.54, 1.807) is 48.5 Å². The van der Waals surface area contributed by atoms with E-state index < -0.39 is 118 Å². The van der Waals surface area contributed by atoms with Crippen molar-refractivity contribution in [3.63, 3.8) is 0 Å². The third-order valence-corrected chi connectivity index (χ3v) is 15.2. The summed E-state index contributed by atoms with van der Waals surface area (Å²) in [6.07, 6.45) is -10.5. The number of methoxy groups -OCH3 is 1. The number of benzene rings is 1. The average Bonchev–Trinajstić information content (AvgIpc) is 3.18. The van der Waals surface area contributed by atoms with Gasteiger partial charge in [-0.2, -0.15) is 0 Å². The smallest absolute Gasteiger partial charge is 0.311 e. The number of cyclic esters (lactones) is 1. The van der Waals surface area contributed by atoms with Crippen molar-refractivity contribution in [3.05, 3.63) is 29.3 Å². The number of hydrogen-bond donors (Lipinski definition) is 6. The number of nitrogens with one attached hydrogen (secondary N) is 1. The van der Waals surface area contributed by atoms with E-state index >= 15 is 0 Å². The van der Waals surface area contributed by atoms with Gasteiger partial charge in [-0.15, -0.1) is 0 Å². The maximum atomic E-state index is 14.4. The second-order valence-electron chi connectivity index (χ2n) is 18.8. The summed E-state index contributed by atoms with van der Waals surface area (Å²) in [6.45, 7) is 16.4. The Hall–Kier alpha value is -1.55. The molecule has 3 aliphatic heterocycles. The standard InChI is InChI=1S/C43H73ClN2O14S/c1-14-31-43(10,52)36(48)24(4)33(45-61(53,54)29-17-15-28(44)16-18-29)22(2)20-41(8,51)38(60-40-34(47)30(46(11)12)19-23(3)56-40)25(5)35(26(6)39(50)58-31)59-32-21-42(9,55-13)37(49)27(7)57-32/h15-18,22-27,30-38,40,45,47-49,51-52H,14,19-21H2,1-13H3/t22-,23-,24+,25+,26-,27+,30+,31-,32+,33+,34-,35+,36-,37+,38-,40+,41-,42-,43-/m1/s1. The van der Waals surface area contributed by atoms with Crippen LogP contribution >= 0.6 is 11.6 Å². The first-order chi connectivity index (χ1) is 28.1. The number of sulfonamides is 1. The first kappa shape index (κ1) is 52.1. The molecule has 0 aliphatic carbocycles. The number of esters is 1. The van der Waals surface area contributed by atoms with Gasteiger partial charge in [-0.1, -0.05) is 39.3 Å². The zero-order chi connectivity index (χ0) is 46.2. The molecule has 4 rings (SSSR count). The highest BCUT2D eigenvalue weighted by Gasteiger charge is 2.54. The van der Waals surface area contributed by atoms with Crippen LogP contribution in [0.25, 0.3) is 0 Å². The molecule has 1 aromatic rings. The molecule has 0 spiro atoms. The number of rotatable bonds is 10. The molecule has 3 fully saturated rings. The summed E-state index contributed by atoms with van der Waals surface area (Å²) in [4.78, 5) is 16.2. The van der Waals surface area contributed by atoms with Crippen LogP contribution in [0.4, 0.5) is 0 Å². The van der Waals surface area contributed by atoms with E-state index in [1.165, 1.54) is 45.2 Å². The molecule has 0 aromatic heterocycles. The summed E-state index contributed by atoms with van der Waals surface area (Å²) >= 11 is 6.08. The van der Waals surface area contributed by atoms with Crippen LogP contribution in [0.2, 0.25) is 5.02 Å². The quantitative estimate of drug-likeness (QED) is 0.186. The Balaban J connectivity index is 1.91. The minimum atomic E-state index is -4.29. The van der Waals surface area contributed by atoms with E-state index in [2.05, 4.69) is 4.72 Å². The third kappa shape index (κ3) is 11.6. The Morgan fingerprint density at radius 3 is 2.08 bits per heavy atom. The van der Waals surface area contributed by atoms with E-state index in [4.69, 9.17) is 40.0 Å². The van der Waals surface area contributed by atoms with Crippen molar-refractivity contribution in [3.8, 4) is 0 Å². The zero-order valence-corrected chi connectivity index (χ0v) is 39.6. The van der Waals surface area contributed by atoms with Crippen molar-refractivity contribution in [1.82, 2.24) is 9.62 Å². The van der Waals surface area contributed by atoms with Crippen LogP contribution in [-0.4, -0.2) is 156 Å². The van der Waals surface area contributed by atoms with Gasteiger partial charge in [0.25, 0.3) is 0 Å². The number of aliphatic hydroxyl groups is 5. The highest BCUT2D eigenvalue weighted by molar-refractivity contribution is 7.89. The zero-order valence-electron chi connectivity index (χ0n) is 38.0. The fourth-order valence-corrected chi connectivity index (χ4v) is 11.3. The Morgan fingerprint density at radius 2 is 1.52 bits per heavy atom. The molecule has 6 N–H and O–H groups in total. The Bertz CT molecular complexity index is 1700. The van der Waals surface area contributed by atoms with E-state index in [-0.39, 0.29) is 36.3 Å². The lowest BCUT2D eigenvalue weighted by atomic mass is 9.72. The minimum absolute atomic E-state index is 0.0528. The van der Waals surface area contributed by atoms with Gasteiger partial charge in [-0.25, -0.2) is 13.1 Å². The normalized spacial score (nSPS) is 45.0. The molecule has 3 heterocycles. The first-order valence-corrected chi connectivity index (χ1v) is 23.3. The Labute approximate surface area is 367 Å². The van der Waals surface area contributed by atoms with E-state index in [1.807, 2.05) is 25.9 Å². The fraction of sp³-hybridized carbons (Fsp3) is 0.837. The molecule has 19 atom stereocenters. The number of aliphatic hydroxyl groups excluding tert-OH is 3. The van der Waals surface area contributed by atoms with Crippen molar-refractivity contribution in [1.29, 1.82) is 0 Å². The van der Waals surface area contributed by atoms with Gasteiger partial charge in [0.2, 0.25) is 10.0 Å². The minimum Gasteiger partial charge on any atom is -0.459 e. The molecule has 352 valence electrons. The van der Waals surface area contributed by atoms with Gasteiger partial charge in [0.1, 0.15) is 23.9 Å². The summed E-state index contributed by atoms with van der Waals surface area (Å²) in [7, 11) is 0.842. The van der Waals surface area contributed by atoms with E-state index in [0.717, 1.165) is 0 Å². The number of likely N-dealkylation sites (N-methyl/N-ethyl adjacent to an activating group) is 1. The maximum Gasteiger partial charge on any atom is 0.311 e. The number of hydrogen-bond acceptors (Lipinski definition) is 15. The predicted octanol–water partition coefficient (Wildman–Crippen LogP) is 3.22. The van der Waals surface area contributed by atoms with Crippen molar-refractivity contribution >= 4 is 27.6 Å². The van der Waals surface area contributed by atoms with Crippen LogP contribution < -0.4 is 4.72 Å². The van der Waals surface area contributed by atoms with Crippen LogP contribution in [0, 0.1) is 23.7 Å². The molecule has 0 saturated carbocycles. The number of nitrogens with zero attached hydrogens (tertiary/aromatic N) is 1. The van der Waals surface area contributed by atoms with Gasteiger partial charge in [-0.3, -0.25) is 4.79 Å². The Morgan fingerprint density at radius 1 is 0.918 bits per heavy atom. The summed E-state index contributed by atoms with van der Waals surface area (Å²) in [5.41, 5.74) is -5.09. The Kier molecular flexibility index (Phi) is 17.3. The number of halogens is 1. The van der Waals surface area contributed by atoms with Crippen LogP contribution in [0.5, 0.6) is 0 Å². The lowest BCUT2D eigenvalue weighted by molar-refractivity contribution is -0.318. The number of carbonyl (C=O) groups is 1. The molecule has 0 amide bonds. The topological polar surface area (TPSA) is 223 Å². The van der Waals surface area contributed by atoms with Crippen LogP contribution in [0.1, 0.15) is 94.9 Å². The molecular weight excluding hydrogens is 836 g/mol. The lowest BCUT2D eigenvalue weighted by Gasteiger charge is -2.49. The van der Waals surface area contributed by atoms with Crippen LogP contribution in [-0.2, 0) is 43.2 Å². The summed E-state index contributed by atoms with van der Waals surface area (Å²) in [6, 6.07) is 4.03. The lowest BCUT2D eigenvalue weighted by Crippen LogP contribution is -2.62. The highest BCUT2D eigenvalue weighted by Crippen LogP contribution is 2.41. The maximum absolute atomic E-state index is 14.4. The molecule has 3 saturated heterocycles. The fourth-order valence-electron chi connectivity index (χ4n) is 9.69. The first-order valence-electron chi connectivity index (χ1n) is 21.4. The highest BCUT2D eigenvalue weighted by atomic mass is 35.5. The van der Waals surface area contributed by atoms with E-state index in [0.29, 0.717) is 11.4 Å². The SMILES string of the molecule is CC[C@H]1OC(=O)[C@H](C)[C@@H](O[C@H]2C[C@@](C)(OC)[C@@H](O)[C@H](C)O2)[C@H](C)[C@@H](O[C@@H]2O[C@H](C)C[C@H](N(C)C)[C@H]2O)[C@](C)(O)C[C@@H](C)[C@H](NS(=O)(=O)c2ccc(Cl)cc2)[C@H](C)[C@@H](O)[C@]1(C)O. The van der Waals surface area contributed by atoms with Crippen molar-refractivity contribution in [2.24, 2.45) is 23.7 Å². The van der Waals surface area contributed by atoms with Gasteiger partial charge >= 0.3 is 5.97 Å². The van der Waals surface area contributed by atoms with Gasteiger partial charge in [0.15, 0.2) is 12.6 Å². The molecule has 18 heteroatoms. The molecular formula is C43H73ClN2O14S.